The number of aliphatic carboxylic acids is 1. The highest BCUT2D eigenvalue weighted by Crippen LogP contribution is 2.15. The first-order chi connectivity index (χ1) is 8.97. The highest BCUT2D eigenvalue weighted by Gasteiger charge is 2.31. The summed E-state index contributed by atoms with van der Waals surface area (Å²) in [6.07, 6.45) is 0. The topological polar surface area (TPSA) is 69.6 Å². The average molecular weight is 266 g/mol. The van der Waals surface area contributed by atoms with E-state index in [9.17, 15) is 14.0 Å². The Kier molecular flexibility index (Phi) is 3.80. The lowest BCUT2D eigenvalue weighted by molar-refractivity contribution is -0.146. The Morgan fingerprint density at radius 2 is 2.32 bits per heavy atom. The molecule has 1 aliphatic rings. The highest BCUT2D eigenvalue weighted by atomic mass is 19.1. The van der Waals surface area contributed by atoms with Gasteiger partial charge in [0.2, 0.25) is 5.91 Å². The molecule has 102 valence electrons. The fourth-order valence-corrected chi connectivity index (χ4v) is 2.16. The van der Waals surface area contributed by atoms with Crippen LogP contribution in [0.15, 0.2) is 18.2 Å². The molecule has 0 saturated carbocycles. The van der Waals surface area contributed by atoms with E-state index in [0.717, 1.165) is 11.1 Å². The van der Waals surface area contributed by atoms with E-state index in [2.05, 4.69) is 5.32 Å². The quantitative estimate of drug-likeness (QED) is 0.837. The second-order valence-corrected chi connectivity index (χ2v) is 4.63. The molecule has 1 aromatic carbocycles. The van der Waals surface area contributed by atoms with E-state index >= 15 is 0 Å². The van der Waals surface area contributed by atoms with Crippen LogP contribution in [0.3, 0.4) is 0 Å². The van der Waals surface area contributed by atoms with Crippen LogP contribution in [0.4, 0.5) is 4.39 Å². The lowest BCUT2D eigenvalue weighted by Gasteiger charge is -2.32. The summed E-state index contributed by atoms with van der Waals surface area (Å²) in [5.41, 5.74) is 1.57. The van der Waals surface area contributed by atoms with Gasteiger partial charge in [-0.3, -0.25) is 14.5 Å². The van der Waals surface area contributed by atoms with Gasteiger partial charge in [-0.2, -0.15) is 0 Å². The molecule has 1 atom stereocenters. The Morgan fingerprint density at radius 1 is 1.58 bits per heavy atom. The van der Waals surface area contributed by atoms with Gasteiger partial charge in [-0.15, -0.1) is 0 Å². The van der Waals surface area contributed by atoms with Gasteiger partial charge in [0.25, 0.3) is 0 Å². The first-order valence-corrected chi connectivity index (χ1v) is 5.96. The van der Waals surface area contributed by atoms with Crippen LogP contribution in [0, 0.1) is 12.7 Å². The third-order valence-corrected chi connectivity index (χ3v) is 3.24. The summed E-state index contributed by atoms with van der Waals surface area (Å²) in [5.74, 6) is -1.50. The number of halogens is 1. The molecule has 0 spiro atoms. The number of carbonyl (C=O) groups excluding carboxylic acids is 1. The number of hydrogen-bond acceptors (Lipinski definition) is 3. The summed E-state index contributed by atoms with van der Waals surface area (Å²) in [7, 11) is 0. The molecule has 2 rings (SSSR count). The number of rotatable bonds is 3. The maximum Gasteiger partial charge on any atom is 0.322 e. The minimum atomic E-state index is -0.972. The van der Waals surface area contributed by atoms with Crippen molar-refractivity contribution in [2.45, 2.75) is 19.5 Å². The number of amides is 1. The van der Waals surface area contributed by atoms with Crippen molar-refractivity contribution in [1.82, 2.24) is 10.2 Å². The van der Waals surface area contributed by atoms with Gasteiger partial charge in [-0.1, -0.05) is 6.07 Å². The van der Waals surface area contributed by atoms with Crippen molar-refractivity contribution in [3.05, 3.63) is 35.1 Å². The molecule has 1 aliphatic heterocycles. The molecular formula is C13H15FN2O3. The molecule has 1 saturated heterocycles. The standard InChI is InChI=1S/C13H15FN2O3/c1-8-4-10(14)3-2-9(8)6-16-7-12(17)15-5-11(16)13(18)19/h2-4,11H,5-7H2,1H3,(H,15,17)(H,18,19). The number of hydrogen-bond donors (Lipinski definition) is 2. The van der Waals surface area contributed by atoms with E-state index in [-0.39, 0.29) is 24.8 Å². The number of aryl methyl sites for hydroxylation is 1. The highest BCUT2D eigenvalue weighted by molar-refractivity contribution is 5.83. The molecule has 1 heterocycles. The smallest absolute Gasteiger partial charge is 0.322 e. The number of carboxylic acids is 1. The van der Waals surface area contributed by atoms with E-state index in [1.807, 2.05) is 0 Å². The maximum absolute atomic E-state index is 13.0. The van der Waals surface area contributed by atoms with Gasteiger partial charge in [0.1, 0.15) is 11.9 Å². The van der Waals surface area contributed by atoms with E-state index < -0.39 is 12.0 Å². The molecular weight excluding hydrogens is 251 g/mol. The molecule has 6 heteroatoms. The van der Waals surface area contributed by atoms with Gasteiger partial charge in [-0.25, -0.2) is 4.39 Å². The number of piperazine rings is 1. The lowest BCUT2D eigenvalue weighted by Crippen LogP contribution is -2.57. The minimum absolute atomic E-state index is 0.0355. The van der Waals surface area contributed by atoms with Gasteiger partial charge in [0.05, 0.1) is 6.54 Å². The van der Waals surface area contributed by atoms with Crippen molar-refractivity contribution < 1.29 is 19.1 Å². The van der Waals surface area contributed by atoms with Crippen LogP contribution in [0.25, 0.3) is 0 Å². The summed E-state index contributed by atoms with van der Waals surface area (Å²) in [5, 5.41) is 11.7. The Hall–Kier alpha value is -1.95. The van der Waals surface area contributed by atoms with Crippen molar-refractivity contribution in [1.29, 1.82) is 0 Å². The van der Waals surface area contributed by atoms with Gasteiger partial charge in [-0.05, 0) is 30.2 Å². The van der Waals surface area contributed by atoms with E-state index in [0.29, 0.717) is 6.54 Å². The van der Waals surface area contributed by atoms with Gasteiger partial charge in [0.15, 0.2) is 0 Å². The molecule has 0 radical (unpaired) electrons. The zero-order valence-electron chi connectivity index (χ0n) is 10.5. The predicted molar refractivity (Wildman–Crippen MR) is 66.0 cm³/mol. The molecule has 0 aliphatic carbocycles. The molecule has 1 aromatic rings. The normalized spacial score (nSPS) is 20.1. The number of carboxylic acid groups (broad SMARTS) is 1. The molecule has 2 N–H and O–H groups in total. The number of nitrogens with zero attached hydrogens (tertiary/aromatic N) is 1. The van der Waals surface area contributed by atoms with Crippen LogP contribution in [-0.4, -0.2) is 41.0 Å². The molecule has 5 nitrogen and oxygen atoms in total. The lowest BCUT2D eigenvalue weighted by atomic mass is 10.1. The van der Waals surface area contributed by atoms with Crippen molar-refractivity contribution in [2.75, 3.05) is 13.1 Å². The maximum atomic E-state index is 13.0. The zero-order chi connectivity index (χ0) is 14.0. The van der Waals surface area contributed by atoms with E-state index in [1.165, 1.54) is 12.1 Å². The summed E-state index contributed by atoms with van der Waals surface area (Å²) in [6, 6.07) is 3.61. The van der Waals surface area contributed by atoms with Gasteiger partial charge < -0.3 is 10.4 Å². The minimum Gasteiger partial charge on any atom is -0.480 e. The molecule has 1 unspecified atom stereocenters. The summed E-state index contributed by atoms with van der Waals surface area (Å²) in [4.78, 5) is 24.1. The third kappa shape index (κ3) is 3.08. The molecule has 0 aromatic heterocycles. The fraction of sp³-hybridized carbons (Fsp3) is 0.385. The Morgan fingerprint density at radius 3 is 2.95 bits per heavy atom. The van der Waals surface area contributed by atoms with Crippen LogP contribution < -0.4 is 5.32 Å². The number of carbonyl (C=O) groups is 2. The summed E-state index contributed by atoms with van der Waals surface area (Å²) in [6.45, 7) is 2.21. The van der Waals surface area contributed by atoms with Crippen molar-refractivity contribution in [2.24, 2.45) is 0 Å². The molecule has 0 bridgehead atoms. The van der Waals surface area contributed by atoms with E-state index in [1.54, 1.807) is 17.9 Å². The van der Waals surface area contributed by atoms with Crippen LogP contribution in [0.2, 0.25) is 0 Å². The van der Waals surface area contributed by atoms with Crippen LogP contribution in [0.5, 0.6) is 0 Å². The Labute approximate surface area is 110 Å². The fourth-order valence-electron chi connectivity index (χ4n) is 2.16. The van der Waals surface area contributed by atoms with Crippen molar-refractivity contribution in [3.63, 3.8) is 0 Å². The molecule has 1 amide bonds. The zero-order valence-corrected chi connectivity index (χ0v) is 10.5. The van der Waals surface area contributed by atoms with Gasteiger partial charge >= 0.3 is 5.97 Å². The number of benzene rings is 1. The predicted octanol–water partition coefficient (Wildman–Crippen LogP) is 0.519. The van der Waals surface area contributed by atoms with Gasteiger partial charge in [0, 0.05) is 13.1 Å². The van der Waals surface area contributed by atoms with Crippen LogP contribution in [0.1, 0.15) is 11.1 Å². The van der Waals surface area contributed by atoms with E-state index in [4.69, 9.17) is 5.11 Å². The number of nitrogens with one attached hydrogen (secondary N) is 1. The molecule has 1 fully saturated rings. The second kappa shape index (κ2) is 5.36. The summed E-state index contributed by atoms with van der Waals surface area (Å²) >= 11 is 0. The first kappa shape index (κ1) is 13.5. The second-order valence-electron chi connectivity index (χ2n) is 4.63. The Balaban J connectivity index is 2.18. The third-order valence-electron chi connectivity index (χ3n) is 3.24. The summed E-state index contributed by atoms with van der Waals surface area (Å²) < 4.78 is 13.0. The largest absolute Gasteiger partial charge is 0.480 e. The van der Waals surface area contributed by atoms with Crippen molar-refractivity contribution in [3.8, 4) is 0 Å². The first-order valence-electron chi connectivity index (χ1n) is 5.96. The van der Waals surface area contributed by atoms with Crippen molar-refractivity contribution >= 4 is 11.9 Å². The average Bonchev–Trinajstić information content (AvgIpc) is 2.32. The SMILES string of the molecule is Cc1cc(F)ccc1CN1CC(=O)NCC1C(=O)O. The Bertz CT molecular complexity index is 519. The van der Waals surface area contributed by atoms with Crippen LogP contribution in [-0.2, 0) is 16.1 Å². The monoisotopic (exact) mass is 266 g/mol. The molecule has 19 heavy (non-hydrogen) atoms. The van der Waals surface area contributed by atoms with Crippen LogP contribution >= 0.6 is 0 Å².